The maximum absolute atomic E-state index is 13.2. The summed E-state index contributed by atoms with van der Waals surface area (Å²) in [5.41, 5.74) is 0.645. The highest BCUT2D eigenvalue weighted by Crippen LogP contribution is 2.39. The van der Waals surface area contributed by atoms with E-state index in [4.69, 9.17) is 14.5 Å². The minimum atomic E-state index is -1.88. The summed E-state index contributed by atoms with van der Waals surface area (Å²) < 4.78 is 12.0. The quantitative estimate of drug-likeness (QED) is 0.474. The van der Waals surface area contributed by atoms with Gasteiger partial charge in [0, 0.05) is 23.6 Å². The van der Waals surface area contributed by atoms with Crippen LogP contribution in [-0.2, 0) is 28.3 Å². The second kappa shape index (κ2) is 6.64. The van der Waals surface area contributed by atoms with Crippen LogP contribution in [0.15, 0.2) is 35.1 Å². The van der Waals surface area contributed by atoms with Gasteiger partial charge >= 0.3 is 12.1 Å². The second-order valence-corrected chi connectivity index (χ2v) is 7.57. The van der Waals surface area contributed by atoms with Gasteiger partial charge in [0.15, 0.2) is 11.4 Å². The third kappa shape index (κ3) is 2.66. The van der Waals surface area contributed by atoms with Crippen molar-refractivity contribution in [2.75, 3.05) is 7.05 Å². The lowest BCUT2D eigenvalue weighted by Gasteiger charge is -2.31. The molecule has 0 bridgehead atoms. The Kier molecular flexibility index (Phi) is 4.13. The van der Waals surface area contributed by atoms with Gasteiger partial charge in [-0.05, 0) is 24.6 Å². The smallest absolute Gasteiger partial charge is 0.412 e. The fourth-order valence-corrected chi connectivity index (χ4v) is 4.21. The van der Waals surface area contributed by atoms with Crippen LogP contribution in [0, 0.1) is 0 Å². The highest BCUT2D eigenvalue weighted by atomic mass is 16.6. The number of nitrogens with zero attached hydrogens (tertiary/aromatic N) is 2. The monoisotopic (exact) mass is 421 g/mol. The molecule has 1 amide bonds. The van der Waals surface area contributed by atoms with E-state index in [1.807, 2.05) is 12.1 Å². The summed E-state index contributed by atoms with van der Waals surface area (Å²) in [5.74, 6) is -0.482. The van der Waals surface area contributed by atoms with Crippen LogP contribution in [0.5, 0.6) is 5.75 Å². The molecule has 2 N–H and O–H groups in total. The van der Waals surface area contributed by atoms with Gasteiger partial charge in [0.1, 0.15) is 12.1 Å². The van der Waals surface area contributed by atoms with Crippen molar-refractivity contribution in [3.05, 3.63) is 57.4 Å². The van der Waals surface area contributed by atoms with Crippen molar-refractivity contribution < 1.29 is 24.2 Å². The van der Waals surface area contributed by atoms with Crippen molar-refractivity contribution in [3.63, 3.8) is 0 Å². The number of aromatic nitrogens is 2. The van der Waals surface area contributed by atoms with Crippen LogP contribution in [0.25, 0.3) is 22.3 Å². The number of ether oxygens (including phenoxy) is 2. The third-order valence-corrected chi connectivity index (χ3v) is 5.91. The SMILES string of the molecule is CC[C@@]1(O)C(=O)OCc2c1cc1n(c2=O)Cc2cc3cccc(OC(=O)NC)c3nc2-1. The molecule has 1 aromatic carbocycles. The van der Waals surface area contributed by atoms with E-state index in [1.54, 1.807) is 29.7 Å². The molecule has 0 unspecified atom stereocenters. The predicted octanol–water partition coefficient (Wildman–Crippen LogP) is 1.80. The van der Waals surface area contributed by atoms with Crippen LogP contribution >= 0.6 is 0 Å². The lowest BCUT2D eigenvalue weighted by molar-refractivity contribution is -0.172. The number of esters is 1. The molecule has 31 heavy (non-hydrogen) atoms. The molecule has 0 spiro atoms. The molecule has 5 rings (SSSR count). The molecule has 1 atom stereocenters. The number of carbonyl (C=O) groups is 2. The van der Waals surface area contributed by atoms with E-state index < -0.39 is 17.7 Å². The Hall–Kier alpha value is -3.72. The Morgan fingerprint density at radius 1 is 1.35 bits per heavy atom. The van der Waals surface area contributed by atoms with Crippen LogP contribution in [0.3, 0.4) is 0 Å². The number of nitrogens with one attached hydrogen (secondary N) is 1. The van der Waals surface area contributed by atoms with Crippen LogP contribution in [0.4, 0.5) is 4.79 Å². The molecule has 0 saturated carbocycles. The number of hydrogen-bond acceptors (Lipinski definition) is 7. The highest BCUT2D eigenvalue weighted by Gasteiger charge is 2.45. The summed E-state index contributed by atoms with van der Waals surface area (Å²) >= 11 is 0. The Morgan fingerprint density at radius 2 is 2.16 bits per heavy atom. The van der Waals surface area contributed by atoms with Crippen molar-refractivity contribution in [2.45, 2.75) is 32.1 Å². The maximum Gasteiger partial charge on any atom is 0.412 e. The first-order chi connectivity index (χ1) is 14.9. The first kappa shape index (κ1) is 19.3. The topological polar surface area (TPSA) is 120 Å². The fraction of sp³-hybridized carbons (Fsp3) is 0.273. The van der Waals surface area contributed by atoms with E-state index >= 15 is 0 Å². The fourth-order valence-electron chi connectivity index (χ4n) is 4.21. The number of rotatable bonds is 2. The summed E-state index contributed by atoms with van der Waals surface area (Å²) in [5, 5.41) is 14.1. The molecule has 2 aliphatic rings. The Balaban J connectivity index is 1.74. The van der Waals surface area contributed by atoms with E-state index in [2.05, 4.69) is 5.32 Å². The molecular weight excluding hydrogens is 402 g/mol. The number of fused-ring (bicyclic) bond motifs is 5. The highest BCUT2D eigenvalue weighted by molar-refractivity contribution is 5.90. The molecule has 0 saturated heterocycles. The molecular formula is C22H19N3O6. The van der Waals surface area contributed by atoms with Crippen LogP contribution in [0.1, 0.15) is 30.0 Å². The number of amides is 1. The maximum atomic E-state index is 13.2. The van der Waals surface area contributed by atoms with Crippen molar-refractivity contribution >= 4 is 23.0 Å². The number of carbonyl (C=O) groups excluding carboxylic acids is 2. The number of pyridine rings is 2. The van der Waals surface area contributed by atoms with E-state index in [0.29, 0.717) is 23.4 Å². The largest absolute Gasteiger partial charge is 0.458 e. The van der Waals surface area contributed by atoms with Gasteiger partial charge in [-0.2, -0.15) is 0 Å². The van der Waals surface area contributed by atoms with Gasteiger partial charge in [0.2, 0.25) is 0 Å². The Bertz CT molecular complexity index is 1350. The standard InChI is InChI=1S/C22H19N3O6/c1-3-22(29)14-8-15-17-12(9-25(15)19(26)13(14)10-30-20(22)27)7-11-5-4-6-16(18(11)24-17)31-21(28)23-2/h4-8,29H,3,9-10H2,1-2H3,(H,23,28)/t22-/m0/s1. The number of hydrogen-bond donors (Lipinski definition) is 2. The third-order valence-electron chi connectivity index (χ3n) is 5.91. The molecule has 2 aliphatic heterocycles. The van der Waals surface area contributed by atoms with Gasteiger partial charge < -0.3 is 24.5 Å². The Morgan fingerprint density at radius 3 is 2.90 bits per heavy atom. The lowest BCUT2D eigenvalue weighted by atomic mass is 9.86. The molecule has 9 heteroatoms. The van der Waals surface area contributed by atoms with Crippen molar-refractivity contribution in [2.24, 2.45) is 0 Å². The van der Waals surface area contributed by atoms with Gasteiger partial charge in [0.25, 0.3) is 5.56 Å². The molecule has 4 heterocycles. The van der Waals surface area contributed by atoms with Crippen molar-refractivity contribution in [1.29, 1.82) is 0 Å². The van der Waals surface area contributed by atoms with Crippen molar-refractivity contribution in [3.8, 4) is 17.1 Å². The molecule has 158 valence electrons. The minimum absolute atomic E-state index is 0.0733. The normalized spacial score (nSPS) is 18.7. The van der Waals surface area contributed by atoms with Gasteiger partial charge in [-0.25, -0.2) is 14.6 Å². The molecule has 2 aromatic heterocycles. The predicted molar refractivity (Wildman–Crippen MR) is 110 cm³/mol. The van der Waals surface area contributed by atoms with Gasteiger partial charge in [-0.1, -0.05) is 19.1 Å². The minimum Gasteiger partial charge on any atom is -0.458 e. The zero-order chi connectivity index (χ0) is 21.9. The molecule has 0 fully saturated rings. The second-order valence-electron chi connectivity index (χ2n) is 7.57. The average molecular weight is 421 g/mol. The number of aliphatic hydroxyl groups is 1. The van der Waals surface area contributed by atoms with Crippen molar-refractivity contribution in [1.82, 2.24) is 14.9 Å². The molecule has 3 aromatic rings. The lowest BCUT2D eigenvalue weighted by Crippen LogP contribution is -2.44. The number of cyclic esters (lactones) is 1. The molecule has 0 radical (unpaired) electrons. The first-order valence-electron chi connectivity index (χ1n) is 9.86. The van der Waals surface area contributed by atoms with Crippen LogP contribution in [0.2, 0.25) is 0 Å². The van der Waals surface area contributed by atoms with Gasteiger partial charge in [0.05, 0.1) is 23.5 Å². The zero-order valence-electron chi connectivity index (χ0n) is 16.9. The number of benzene rings is 1. The first-order valence-corrected chi connectivity index (χ1v) is 9.86. The summed E-state index contributed by atoms with van der Waals surface area (Å²) in [6.45, 7) is 1.79. The van der Waals surface area contributed by atoms with E-state index in [-0.39, 0.29) is 35.5 Å². The average Bonchev–Trinajstić information content (AvgIpc) is 3.13. The van der Waals surface area contributed by atoms with Crippen LogP contribution in [-0.4, -0.2) is 33.8 Å². The molecule has 0 aliphatic carbocycles. The van der Waals surface area contributed by atoms with Crippen LogP contribution < -0.4 is 15.6 Å². The Labute approximate surface area is 176 Å². The van der Waals surface area contributed by atoms with E-state index in [9.17, 15) is 19.5 Å². The summed E-state index contributed by atoms with van der Waals surface area (Å²) in [7, 11) is 1.46. The summed E-state index contributed by atoms with van der Waals surface area (Å²) in [4.78, 5) is 41.9. The summed E-state index contributed by atoms with van der Waals surface area (Å²) in [6, 6.07) is 8.78. The van der Waals surface area contributed by atoms with E-state index in [0.717, 1.165) is 10.9 Å². The van der Waals surface area contributed by atoms with E-state index in [1.165, 1.54) is 7.05 Å². The zero-order valence-corrected chi connectivity index (χ0v) is 16.9. The number of para-hydroxylation sites is 1. The van der Waals surface area contributed by atoms with Gasteiger partial charge in [-0.3, -0.25) is 4.79 Å². The molecule has 9 nitrogen and oxygen atoms in total. The summed E-state index contributed by atoms with van der Waals surface area (Å²) in [6.07, 6.45) is -0.545. The van der Waals surface area contributed by atoms with Gasteiger partial charge in [-0.15, -0.1) is 0 Å².